The first-order chi connectivity index (χ1) is 10.0. The van der Waals surface area contributed by atoms with Crippen molar-refractivity contribution in [2.75, 3.05) is 7.05 Å². The van der Waals surface area contributed by atoms with Gasteiger partial charge in [0.25, 0.3) is 0 Å². The van der Waals surface area contributed by atoms with Crippen LogP contribution in [0.5, 0.6) is 0 Å². The molecule has 21 heavy (non-hydrogen) atoms. The molecule has 1 heterocycles. The lowest BCUT2D eigenvalue weighted by atomic mass is 10.2. The third-order valence-electron chi connectivity index (χ3n) is 2.86. The Balaban J connectivity index is 2.16. The molecule has 0 amide bonds. The minimum atomic E-state index is -3.57. The van der Waals surface area contributed by atoms with Crippen LogP contribution in [0.2, 0.25) is 0 Å². The van der Waals surface area contributed by atoms with Crippen molar-refractivity contribution in [3.8, 4) is 0 Å². The van der Waals surface area contributed by atoms with Crippen molar-refractivity contribution in [2.24, 2.45) is 0 Å². The van der Waals surface area contributed by atoms with E-state index >= 15 is 0 Å². The average molecular weight is 370 g/mol. The highest BCUT2D eigenvalue weighted by molar-refractivity contribution is 9.10. The molecule has 0 saturated carbocycles. The van der Waals surface area contributed by atoms with Gasteiger partial charge in [-0.3, -0.25) is 4.98 Å². The van der Waals surface area contributed by atoms with Crippen molar-refractivity contribution in [3.05, 3.63) is 58.3 Å². The maximum atomic E-state index is 12.3. The van der Waals surface area contributed by atoms with Gasteiger partial charge in [0.1, 0.15) is 0 Å². The highest BCUT2D eigenvalue weighted by Gasteiger charge is 2.17. The second kappa shape index (κ2) is 7.13. The van der Waals surface area contributed by atoms with Gasteiger partial charge in [0, 0.05) is 30.0 Å². The maximum absolute atomic E-state index is 12.3. The molecule has 0 saturated heterocycles. The lowest BCUT2D eigenvalue weighted by Gasteiger charge is -2.10. The number of aromatic nitrogens is 1. The Hall–Kier alpha value is -1.28. The number of pyridine rings is 1. The molecule has 0 aliphatic rings. The van der Waals surface area contributed by atoms with Gasteiger partial charge in [-0.05, 0) is 52.3 Å². The van der Waals surface area contributed by atoms with Crippen LogP contribution in [0.1, 0.15) is 11.1 Å². The molecule has 7 heteroatoms. The summed E-state index contributed by atoms with van der Waals surface area (Å²) in [5.41, 5.74) is 1.82. The molecule has 112 valence electrons. The number of nitrogens with one attached hydrogen (secondary N) is 2. The standard InChI is InChI=1S/C14H16BrN3O2S/c1-16-8-11-4-5-14(13(15)7-11)21(19,20)18-10-12-3-2-6-17-9-12/h2-7,9,16,18H,8,10H2,1H3. The smallest absolute Gasteiger partial charge is 0.241 e. The van der Waals surface area contributed by atoms with Gasteiger partial charge >= 0.3 is 0 Å². The molecule has 0 spiro atoms. The molecule has 0 aliphatic carbocycles. The summed E-state index contributed by atoms with van der Waals surface area (Å²) in [6, 6.07) is 8.78. The van der Waals surface area contributed by atoms with Crippen molar-refractivity contribution in [1.82, 2.24) is 15.0 Å². The second-order valence-corrected chi connectivity index (χ2v) is 7.07. The summed E-state index contributed by atoms with van der Waals surface area (Å²) in [6.45, 7) is 0.892. The van der Waals surface area contributed by atoms with E-state index in [1.807, 2.05) is 13.1 Å². The topological polar surface area (TPSA) is 71.1 Å². The van der Waals surface area contributed by atoms with Gasteiger partial charge in [0.2, 0.25) is 10.0 Å². The van der Waals surface area contributed by atoms with Crippen LogP contribution in [0.15, 0.2) is 52.1 Å². The molecule has 0 atom stereocenters. The van der Waals surface area contributed by atoms with Gasteiger partial charge in [-0.25, -0.2) is 13.1 Å². The summed E-state index contributed by atoms with van der Waals surface area (Å²) in [4.78, 5) is 4.18. The molecular weight excluding hydrogens is 354 g/mol. The third-order valence-corrected chi connectivity index (χ3v) is 5.23. The quantitative estimate of drug-likeness (QED) is 0.817. The Morgan fingerprint density at radius 1 is 1.19 bits per heavy atom. The number of halogens is 1. The third kappa shape index (κ3) is 4.34. The summed E-state index contributed by atoms with van der Waals surface area (Å²) in [5, 5.41) is 3.02. The summed E-state index contributed by atoms with van der Waals surface area (Å²) >= 11 is 3.32. The van der Waals surface area contributed by atoms with Gasteiger partial charge in [0.15, 0.2) is 0 Å². The Bertz CT molecular complexity index is 705. The zero-order valence-electron chi connectivity index (χ0n) is 11.5. The fourth-order valence-electron chi connectivity index (χ4n) is 1.84. The summed E-state index contributed by atoms with van der Waals surface area (Å²) in [7, 11) is -1.72. The van der Waals surface area contributed by atoms with E-state index in [2.05, 4.69) is 31.0 Å². The Labute approximate surface area is 133 Å². The molecule has 0 radical (unpaired) electrons. The summed E-state index contributed by atoms with van der Waals surface area (Å²) in [5.74, 6) is 0. The van der Waals surface area contributed by atoms with Gasteiger partial charge in [-0.1, -0.05) is 12.1 Å². The predicted molar refractivity (Wildman–Crippen MR) is 85.2 cm³/mol. The van der Waals surface area contributed by atoms with Crippen molar-refractivity contribution in [3.63, 3.8) is 0 Å². The Kier molecular flexibility index (Phi) is 5.46. The predicted octanol–water partition coefficient (Wildman–Crippen LogP) is 2.04. The van der Waals surface area contributed by atoms with Crippen LogP contribution >= 0.6 is 15.9 Å². The van der Waals surface area contributed by atoms with Gasteiger partial charge in [0.05, 0.1) is 4.90 Å². The first-order valence-corrected chi connectivity index (χ1v) is 8.62. The van der Waals surface area contributed by atoms with Crippen molar-refractivity contribution >= 4 is 26.0 Å². The van der Waals surface area contributed by atoms with E-state index in [-0.39, 0.29) is 11.4 Å². The summed E-state index contributed by atoms with van der Waals surface area (Å²) in [6.07, 6.45) is 3.28. The molecule has 0 fully saturated rings. The van der Waals surface area contributed by atoms with E-state index in [4.69, 9.17) is 0 Å². The second-order valence-electron chi connectivity index (χ2n) is 4.48. The SMILES string of the molecule is CNCc1ccc(S(=O)(=O)NCc2cccnc2)c(Br)c1. The normalized spacial score (nSPS) is 11.5. The van der Waals surface area contributed by atoms with Gasteiger partial charge in [-0.15, -0.1) is 0 Å². The molecule has 2 aromatic rings. The highest BCUT2D eigenvalue weighted by Crippen LogP contribution is 2.23. The molecule has 1 aromatic carbocycles. The molecule has 5 nitrogen and oxygen atoms in total. The lowest BCUT2D eigenvalue weighted by molar-refractivity contribution is 0.580. The minimum Gasteiger partial charge on any atom is -0.316 e. The molecule has 2 rings (SSSR count). The highest BCUT2D eigenvalue weighted by atomic mass is 79.9. The van der Waals surface area contributed by atoms with Gasteiger partial charge in [-0.2, -0.15) is 0 Å². The zero-order chi connectivity index (χ0) is 15.3. The van der Waals surface area contributed by atoms with E-state index in [1.165, 1.54) is 0 Å². The largest absolute Gasteiger partial charge is 0.316 e. The first-order valence-electron chi connectivity index (χ1n) is 6.34. The molecule has 0 unspecified atom stereocenters. The van der Waals surface area contributed by atoms with Crippen LogP contribution in [-0.2, 0) is 23.1 Å². The van der Waals surface area contributed by atoms with E-state index in [0.717, 1.165) is 11.1 Å². The van der Waals surface area contributed by atoms with Crippen molar-refractivity contribution in [2.45, 2.75) is 18.0 Å². The maximum Gasteiger partial charge on any atom is 0.241 e. The monoisotopic (exact) mass is 369 g/mol. The minimum absolute atomic E-state index is 0.209. The van der Waals surface area contributed by atoms with Crippen LogP contribution in [0.25, 0.3) is 0 Å². The Morgan fingerprint density at radius 3 is 2.62 bits per heavy atom. The average Bonchev–Trinajstić information content (AvgIpc) is 2.46. The number of nitrogens with zero attached hydrogens (tertiary/aromatic N) is 1. The Morgan fingerprint density at radius 2 is 2.00 bits per heavy atom. The van der Waals surface area contributed by atoms with E-state index < -0.39 is 10.0 Å². The number of hydrogen-bond donors (Lipinski definition) is 2. The first kappa shape index (κ1) is 16.1. The molecule has 0 aliphatic heterocycles. The lowest BCUT2D eigenvalue weighted by Crippen LogP contribution is -2.23. The van der Waals surface area contributed by atoms with Crippen LogP contribution in [0, 0.1) is 0 Å². The fourth-order valence-corrected chi connectivity index (χ4v) is 3.98. The van der Waals surface area contributed by atoms with E-state index in [0.29, 0.717) is 11.0 Å². The number of hydrogen-bond acceptors (Lipinski definition) is 4. The van der Waals surface area contributed by atoms with Crippen LogP contribution in [0.4, 0.5) is 0 Å². The van der Waals surface area contributed by atoms with Gasteiger partial charge < -0.3 is 5.32 Å². The van der Waals surface area contributed by atoms with E-state index in [1.54, 1.807) is 36.7 Å². The molecule has 2 N–H and O–H groups in total. The number of benzene rings is 1. The zero-order valence-corrected chi connectivity index (χ0v) is 13.9. The summed E-state index contributed by atoms with van der Waals surface area (Å²) < 4.78 is 27.8. The number of sulfonamides is 1. The van der Waals surface area contributed by atoms with E-state index in [9.17, 15) is 8.42 Å². The fraction of sp³-hybridized carbons (Fsp3) is 0.214. The van der Waals surface area contributed by atoms with Crippen LogP contribution < -0.4 is 10.0 Å². The molecule has 1 aromatic heterocycles. The number of rotatable bonds is 6. The van der Waals surface area contributed by atoms with Crippen LogP contribution in [0.3, 0.4) is 0 Å². The molecule has 0 bridgehead atoms. The molecular formula is C14H16BrN3O2S. The van der Waals surface area contributed by atoms with Crippen molar-refractivity contribution < 1.29 is 8.42 Å². The van der Waals surface area contributed by atoms with Crippen LogP contribution in [-0.4, -0.2) is 20.4 Å². The van der Waals surface area contributed by atoms with Crippen molar-refractivity contribution in [1.29, 1.82) is 0 Å².